The Kier molecular flexibility index (Phi) is 6.80. The number of halogens is 2. The van der Waals surface area contributed by atoms with Gasteiger partial charge >= 0.3 is 12.0 Å². The molecule has 114 valence electrons. The van der Waals surface area contributed by atoms with E-state index in [1.807, 2.05) is 5.32 Å². The van der Waals surface area contributed by atoms with Gasteiger partial charge in [-0.05, 0) is 31.0 Å². The highest BCUT2D eigenvalue weighted by Gasteiger charge is 2.10. The van der Waals surface area contributed by atoms with Gasteiger partial charge in [0, 0.05) is 17.3 Å². The number of unbranched alkanes of at least 4 members (excludes halogenated alkanes) is 1. The van der Waals surface area contributed by atoms with E-state index in [1.54, 1.807) is 0 Å². The SMILES string of the molecule is O=C(O)CCCCC(=O)NC(=O)Nc1cc(Br)ccc1F. The topological polar surface area (TPSA) is 95.5 Å². The summed E-state index contributed by atoms with van der Waals surface area (Å²) >= 11 is 3.14. The molecule has 1 aromatic carbocycles. The second kappa shape index (κ2) is 8.35. The van der Waals surface area contributed by atoms with E-state index in [0.717, 1.165) is 0 Å². The van der Waals surface area contributed by atoms with Crippen LogP contribution < -0.4 is 10.6 Å². The number of hydrogen-bond donors (Lipinski definition) is 3. The summed E-state index contributed by atoms with van der Waals surface area (Å²) in [5, 5.41) is 12.7. The smallest absolute Gasteiger partial charge is 0.325 e. The molecule has 0 aliphatic rings. The molecule has 0 aromatic heterocycles. The van der Waals surface area contributed by atoms with Crippen molar-refractivity contribution in [3.05, 3.63) is 28.5 Å². The lowest BCUT2D eigenvalue weighted by molar-refractivity contribution is -0.137. The van der Waals surface area contributed by atoms with Crippen LogP contribution >= 0.6 is 15.9 Å². The number of benzene rings is 1. The predicted octanol–water partition coefficient (Wildman–Crippen LogP) is 2.88. The monoisotopic (exact) mass is 360 g/mol. The summed E-state index contributed by atoms with van der Waals surface area (Å²) < 4.78 is 14.0. The fourth-order valence-electron chi connectivity index (χ4n) is 1.50. The summed E-state index contributed by atoms with van der Waals surface area (Å²) in [6.07, 6.45) is 0.714. The van der Waals surface area contributed by atoms with E-state index in [1.165, 1.54) is 18.2 Å². The quantitative estimate of drug-likeness (QED) is 0.679. The highest BCUT2D eigenvalue weighted by atomic mass is 79.9. The van der Waals surface area contributed by atoms with Crippen LogP contribution in [0.2, 0.25) is 0 Å². The number of aliphatic carboxylic acids is 1. The molecule has 0 aliphatic carbocycles. The zero-order chi connectivity index (χ0) is 15.8. The maximum atomic E-state index is 13.4. The Morgan fingerprint density at radius 3 is 2.52 bits per heavy atom. The minimum Gasteiger partial charge on any atom is -0.481 e. The van der Waals surface area contributed by atoms with E-state index in [-0.39, 0.29) is 18.5 Å². The van der Waals surface area contributed by atoms with Crippen LogP contribution in [0.4, 0.5) is 14.9 Å². The van der Waals surface area contributed by atoms with Gasteiger partial charge in [-0.15, -0.1) is 0 Å². The number of hydrogen-bond acceptors (Lipinski definition) is 3. The number of carboxylic acids is 1. The molecule has 0 heterocycles. The summed E-state index contributed by atoms with van der Waals surface area (Å²) in [7, 11) is 0. The average molecular weight is 361 g/mol. The van der Waals surface area contributed by atoms with Crippen LogP contribution in [-0.4, -0.2) is 23.0 Å². The van der Waals surface area contributed by atoms with E-state index >= 15 is 0 Å². The molecule has 0 bridgehead atoms. The molecule has 0 saturated heterocycles. The molecule has 0 atom stereocenters. The summed E-state index contributed by atoms with van der Waals surface area (Å²) in [6, 6.07) is 3.18. The van der Waals surface area contributed by atoms with Crippen LogP contribution in [0.15, 0.2) is 22.7 Å². The molecular formula is C13H14BrFN2O4. The lowest BCUT2D eigenvalue weighted by Gasteiger charge is -2.08. The standard InChI is InChI=1S/C13H14BrFN2O4/c14-8-5-6-9(15)10(7-8)16-13(21)17-11(18)3-1-2-4-12(19)20/h5-7H,1-4H2,(H,19,20)(H2,16,17,18,21). The first kappa shape index (κ1) is 17.1. The van der Waals surface area contributed by atoms with Crippen molar-refractivity contribution in [3.8, 4) is 0 Å². The third kappa shape index (κ3) is 6.84. The largest absolute Gasteiger partial charge is 0.481 e. The summed E-state index contributed by atoms with van der Waals surface area (Å²) in [5.41, 5.74) is -0.0550. The van der Waals surface area contributed by atoms with Gasteiger partial charge in [-0.3, -0.25) is 14.9 Å². The Hall–Kier alpha value is -1.96. The maximum absolute atomic E-state index is 13.4. The lowest BCUT2D eigenvalue weighted by atomic mass is 10.2. The number of carbonyl (C=O) groups excluding carboxylic acids is 2. The van der Waals surface area contributed by atoms with E-state index in [0.29, 0.717) is 17.3 Å². The van der Waals surface area contributed by atoms with Crippen molar-refractivity contribution in [2.24, 2.45) is 0 Å². The molecule has 1 rings (SSSR count). The Balaban J connectivity index is 2.37. The van der Waals surface area contributed by atoms with Gasteiger partial charge in [-0.2, -0.15) is 0 Å². The third-order valence-corrected chi connectivity index (χ3v) is 2.97. The number of nitrogens with one attached hydrogen (secondary N) is 2. The van der Waals surface area contributed by atoms with Crippen molar-refractivity contribution >= 4 is 39.5 Å². The molecule has 0 fully saturated rings. The van der Waals surface area contributed by atoms with E-state index in [2.05, 4.69) is 21.2 Å². The lowest BCUT2D eigenvalue weighted by Crippen LogP contribution is -2.34. The summed E-state index contributed by atoms with van der Waals surface area (Å²) in [6.45, 7) is 0. The molecule has 0 unspecified atom stereocenters. The molecule has 6 nitrogen and oxygen atoms in total. The highest BCUT2D eigenvalue weighted by molar-refractivity contribution is 9.10. The fourth-order valence-corrected chi connectivity index (χ4v) is 1.86. The normalized spacial score (nSPS) is 10.0. The number of carboxylic acid groups (broad SMARTS) is 1. The van der Waals surface area contributed by atoms with E-state index < -0.39 is 23.7 Å². The Bertz CT molecular complexity index is 551. The van der Waals surface area contributed by atoms with Gasteiger partial charge in [-0.1, -0.05) is 15.9 Å². The number of anilines is 1. The van der Waals surface area contributed by atoms with E-state index in [4.69, 9.17) is 5.11 Å². The molecule has 21 heavy (non-hydrogen) atoms. The molecular weight excluding hydrogens is 347 g/mol. The third-order valence-electron chi connectivity index (χ3n) is 2.47. The molecule has 0 saturated carbocycles. The van der Waals surface area contributed by atoms with Gasteiger partial charge in [0.05, 0.1) is 5.69 Å². The van der Waals surface area contributed by atoms with Gasteiger partial charge in [0.1, 0.15) is 5.82 Å². The van der Waals surface area contributed by atoms with Gasteiger partial charge in [-0.25, -0.2) is 9.18 Å². The zero-order valence-electron chi connectivity index (χ0n) is 11.0. The first-order valence-electron chi connectivity index (χ1n) is 6.16. The molecule has 8 heteroatoms. The van der Waals surface area contributed by atoms with Crippen LogP contribution in [0.25, 0.3) is 0 Å². The van der Waals surface area contributed by atoms with Crippen molar-refractivity contribution < 1.29 is 23.9 Å². The maximum Gasteiger partial charge on any atom is 0.325 e. The second-order valence-corrected chi connectivity index (χ2v) is 5.14. The number of amides is 3. The minimum atomic E-state index is -0.932. The van der Waals surface area contributed by atoms with Crippen molar-refractivity contribution in [2.75, 3.05) is 5.32 Å². The first-order chi connectivity index (χ1) is 9.88. The van der Waals surface area contributed by atoms with Gasteiger partial charge < -0.3 is 10.4 Å². The Morgan fingerprint density at radius 2 is 1.86 bits per heavy atom. The fraction of sp³-hybridized carbons (Fsp3) is 0.308. The second-order valence-electron chi connectivity index (χ2n) is 4.23. The van der Waals surface area contributed by atoms with Gasteiger partial charge in [0.15, 0.2) is 0 Å². The van der Waals surface area contributed by atoms with Crippen LogP contribution in [0.3, 0.4) is 0 Å². The van der Waals surface area contributed by atoms with Crippen LogP contribution in [-0.2, 0) is 9.59 Å². The minimum absolute atomic E-state index is 0.0251. The summed E-state index contributed by atoms with van der Waals surface area (Å²) in [5.74, 6) is -2.10. The van der Waals surface area contributed by atoms with Crippen LogP contribution in [0, 0.1) is 5.82 Å². The Labute approximate surface area is 128 Å². The zero-order valence-corrected chi connectivity index (χ0v) is 12.6. The van der Waals surface area contributed by atoms with Crippen molar-refractivity contribution in [3.63, 3.8) is 0 Å². The van der Waals surface area contributed by atoms with Crippen LogP contribution in [0.1, 0.15) is 25.7 Å². The first-order valence-corrected chi connectivity index (χ1v) is 6.95. The summed E-state index contributed by atoms with van der Waals surface area (Å²) in [4.78, 5) is 33.2. The van der Waals surface area contributed by atoms with Crippen molar-refractivity contribution in [1.29, 1.82) is 0 Å². The van der Waals surface area contributed by atoms with Crippen molar-refractivity contribution in [2.45, 2.75) is 25.7 Å². The van der Waals surface area contributed by atoms with E-state index in [9.17, 15) is 18.8 Å². The average Bonchev–Trinajstić information content (AvgIpc) is 2.38. The van der Waals surface area contributed by atoms with Crippen molar-refractivity contribution in [1.82, 2.24) is 5.32 Å². The number of urea groups is 1. The van der Waals surface area contributed by atoms with Gasteiger partial charge in [0.25, 0.3) is 0 Å². The van der Waals surface area contributed by atoms with Crippen LogP contribution in [0.5, 0.6) is 0 Å². The molecule has 3 N–H and O–H groups in total. The number of rotatable bonds is 6. The number of carbonyl (C=O) groups is 3. The molecule has 3 amide bonds. The Morgan fingerprint density at radius 1 is 1.19 bits per heavy atom. The predicted molar refractivity (Wildman–Crippen MR) is 77.4 cm³/mol. The molecule has 0 radical (unpaired) electrons. The molecule has 0 spiro atoms. The number of imide groups is 1. The highest BCUT2D eigenvalue weighted by Crippen LogP contribution is 2.19. The van der Waals surface area contributed by atoms with Gasteiger partial charge in [0.2, 0.25) is 5.91 Å². The molecule has 0 aliphatic heterocycles. The molecule has 1 aromatic rings.